The van der Waals surface area contributed by atoms with Gasteiger partial charge >= 0.3 is 0 Å². The zero-order valence-electron chi connectivity index (χ0n) is 13.4. The molecule has 0 saturated carbocycles. The molecule has 0 atom stereocenters. The number of hydrogen-bond acceptors (Lipinski definition) is 3. The third-order valence-electron chi connectivity index (χ3n) is 3.51. The summed E-state index contributed by atoms with van der Waals surface area (Å²) in [6.45, 7) is 0. The van der Waals surface area contributed by atoms with Crippen LogP contribution in [0.1, 0.15) is 5.76 Å². The van der Waals surface area contributed by atoms with E-state index in [9.17, 15) is 10.1 Å². The number of nitriles is 1. The van der Waals surface area contributed by atoms with E-state index in [0.29, 0.717) is 27.3 Å². The number of nitrogens with zero attached hydrogens (tertiary/aromatic N) is 1. The van der Waals surface area contributed by atoms with Gasteiger partial charge in [0.2, 0.25) is 0 Å². The van der Waals surface area contributed by atoms with E-state index in [4.69, 9.17) is 27.6 Å². The van der Waals surface area contributed by atoms with Crippen LogP contribution in [0.4, 0.5) is 5.69 Å². The number of furan rings is 1. The molecule has 1 aromatic heterocycles. The minimum atomic E-state index is -0.528. The maximum absolute atomic E-state index is 12.3. The topological polar surface area (TPSA) is 66.0 Å². The zero-order chi connectivity index (χ0) is 18.5. The van der Waals surface area contributed by atoms with Crippen LogP contribution >= 0.6 is 23.2 Å². The quantitative estimate of drug-likeness (QED) is 0.457. The van der Waals surface area contributed by atoms with Gasteiger partial charge in [-0.1, -0.05) is 23.2 Å². The van der Waals surface area contributed by atoms with Crippen LogP contribution in [0.5, 0.6) is 0 Å². The molecular formula is C20H12Cl2N2O2. The molecule has 0 fully saturated rings. The lowest BCUT2D eigenvalue weighted by molar-refractivity contribution is -0.112. The van der Waals surface area contributed by atoms with Gasteiger partial charge in [-0.25, -0.2) is 0 Å². The lowest BCUT2D eigenvalue weighted by Gasteiger charge is -2.03. The van der Waals surface area contributed by atoms with Crippen LogP contribution in [0.25, 0.3) is 17.4 Å². The van der Waals surface area contributed by atoms with Crippen LogP contribution in [0, 0.1) is 11.3 Å². The summed E-state index contributed by atoms with van der Waals surface area (Å²) in [6.07, 6.45) is 1.39. The van der Waals surface area contributed by atoms with E-state index >= 15 is 0 Å². The number of rotatable bonds is 4. The minimum Gasteiger partial charge on any atom is -0.457 e. The summed E-state index contributed by atoms with van der Waals surface area (Å²) >= 11 is 11.7. The van der Waals surface area contributed by atoms with Crippen molar-refractivity contribution in [2.24, 2.45) is 0 Å². The number of anilines is 1. The first-order valence-corrected chi connectivity index (χ1v) is 8.35. The van der Waals surface area contributed by atoms with Gasteiger partial charge in [-0.2, -0.15) is 5.26 Å². The Kier molecular flexibility index (Phi) is 5.43. The van der Waals surface area contributed by atoms with Crippen molar-refractivity contribution in [2.45, 2.75) is 0 Å². The Hall–Kier alpha value is -3.00. The molecule has 0 aliphatic rings. The molecule has 6 heteroatoms. The molecule has 3 rings (SSSR count). The zero-order valence-corrected chi connectivity index (χ0v) is 14.9. The van der Waals surface area contributed by atoms with Gasteiger partial charge in [-0.15, -0.1) is 0 Å². The molecule has 0 spiro atoms. The maximum Gasteiger partial charge on any atom is 0.266 e. The second kappa shape index (κ2) is 7.92. The molecule has 4 nitrogen and oxygen atoms in total. The standard InChI is InChI=1S/C20H12Cl2N2O2/c21-15-3-1-13(2-4-15)19-10-9-18(26-19)11-14(12-23)20(25)24-17-7-5-16(22)6-8-17/h1-11H,(H,24,25). The summed E-state index contributed by atoms with van der Waals surface area (Å²) in [6, 6.07) is 19.1. The van der Waals surface area contributed by atoms with E-state index in [0.717, 1.165) is 5.56 Å². The Balaban J connectivity index is 1.78. The van der Waals surface area contributed by atoms with Crippen molar-refractivity contribution < 1.29 is 9.21 Å². The fourth-order valence-corrected chi connectivity index (χ4v) is 2.47. The van der Waals surface area contributed by atoms with Gasteiger partial charge < -0.3 is 9.73 Å². The van der Waals surface area contributed by atoms with E-state index in [-0.39, 0.29) is 5.57 Å². The van der Waals surface area contributed by atoms with E-state index in [1.165, 1.54) is 6.08 Å². The van der Waals surface area contributed by atoms with Gasteiger partial charge in [0.1, 0.15) is 23.2 Å². The van der Waals surface area contributed by atoms with Crippen molar-refractivity contribution in [3.63, 3.8) is 0 Å². The number of carbonyl (C=O) groups excluding carboxylic acids is 1. The van der Waals surface area contributed by atoms with Gasteiger partial charge in [0, 0.05) is 27.4 Å². The second-order valence-corrected chi connectivity index (χ2v) is 6.21. The van der Waals surface area contributed by atoms with Crippen LogP contribution in [0.2, 0.25) is 10.0 Å². The first-order valence-electron chi connectivity index (χ1n) is 7.59. The molecule has 1 N–H and O–H groups in total. The summed E-state index contributed by atoms with van der Waals surface area (Å²) in [7, 11) is 0. The third-order valence-corrected chi connectivity index (χ3v) is 4.01. The van der Waals surface area contributed by atoms with E-state index in [2.05, 4.69) is 5.32 Å². The highest BCUT2D eigenvalue weighted by molar-refractivity contribution is 6.31. The average Bonchev–Trinajstić information content (AvgIpc) is 3.11. The largest absolute Gasteiger partial charge is 0.457 e. The van der Waals surface area contributed by atoms with Crippen molar-refractivity contribution in [3.05, 3.63) is 82.0 Å². The third kappa shape index (κ3) is 4.34. The smallest absolute Gasteiger partial charge is 0.266 e. The van der Waals surface area contributed by atoms with Gasteiger partial charge in [-0.3, -0.25) is 4.79 Å². The van der Waals surface area contributed by atoms with Crippen LogP contribution in [0.15, 0.2) is 70.7 Å². The summed E-state index contributed by atoms with van der Waals surface area (Å²) in [5.74, 6) is 0.486. The number of carbonyl (C=O) groups is 1. The van der Waals surface area contributed by atoms with Crippen molar-refractivity contribution in [2.75, 3.05) is 5.32 Å². The number of amides is 1. The lowest BCUT2D eigenvalue weighted by Crippen LogP contribution is -2.13. The Morgan fingerprint density at radius 3 is 2.19 bits per heavy atom. The summed E-state index contributed by atoms with van der Waals surface area (Å²) in [5, 5.41) is 13.1. The molecular weight excluding hydrogens is 371 g/mol. The van der Waals surface area contributed by atoms with Crippen LogP contribution in [-0.2, 0) is 4.79 Å². The van der Waals surface area contributed by atoms with Crippen molar-refractivity contribution in [1.29, 1.82) is 5.26 Å². The molecule has 128 valence electrons. The number of halogens is 2. The Bertz CT molecular complexity index is 998. The van der Waals surface area contributed by atoms with Crippen molar-refractivity contribution >= 4 is 40.9 Å². The SMILES string of the molecule is N#CC(=Cc1ccc(-c2ccc(Cl)cc2)o1)C(=O)Nc1ccc(Cl)cc1. The normalized spacial score (nSPS) is 11.0. The van der Waals surface area contributed by atoms with Gasteiger partial charge in [0.05, 0.1) is 0 Å². The fraction of sp³-hybridized carbons (Fsp3) is 0. The molecule has 0 saturated heterocycles. The van der Waals surface area contributed by atoms with E-state index < -0.39 is 5.91 Å². The first kappa shape index (κ1) is 17.8. The Morgan fingerprint density at radius 1 is 0.962 bits per heavy atom. The molecule has 3 aromatic rings. The molecule has 2 aromatic carbocycles. The van der Waals surface area contributed by atoms with Crippen LogP contribution in [0.3, 0.4) is 0 Å². The van der Waals surface area contributed by atoms with E-state index in [1.807, 2.05) is 18.2 Å². The monoisotopic (exact) mass is 382 g/mol. The highest BCUT2D eigenvalue weighted by Gasteiger charge is 2.11. The predicted molar refractivity (Wildman–Crippen MR) is 103 cm³/mol. The molecule has 0 bridgehead atoms. The molecule has 1 amide bonds. The number of nitrogens with one attached hydrogen (secondary N) is 1. The number of benzene rings is 2. The Labute approximate surface area is 160 Å². The maximum atomic E-state index is 12.3. The molecule has 26 heavy (non-hydrogen) atoms. The minimum absolute atomic E-state index is 0.0723. The summed E-state index contributed by atoms with van der Waals surface area (Å²) in [5.41, 5.74) is 1.32. The molecule has 0 radical (unpaired) electrons. The first-order chi connectivity index (χ1) is 12.5. The molecule has 0 aliphatic heterocycles. The highest BCUT2D eigenvalue weighted by atomic mass is 35.5. The highest BCUT2D eigenvalue weighted by Crippen LogP contribution is 2.25. The summed E-state index contributed by atoms with van der Waals surface area (Å²) in [4.78, 5) is 12.3. The second-order valence-electron chi connectivity index (χ2n) is 5.34. The molecule has 0 aliphatic carbocycles. The van der Waals surface area contributed by atoms with E-state index in [1.54, 1.807) is 48.5 Å². The molecule has 1 heterocycles. The van der Waals surface area contributed by atoms with Gasteiger partial charge in [-0.05, 0) is 60.7 Å². The van der Waals surface area contributed by atoms with Crippen molar-refractivity contribution in [1.82, 2.24) is 0 Å². The number of hydrogen-bond donors (Lipinski definition) is 1. The van der Waals surface area contributed by atoms with Gasteiger partial charge in [0.15, 0.2) is 0 Å². The summed E-state index contributed by atoms with van der Waals surface area (Å²) < 4.78 is 5.69. The molecule has 0 unspecified atom stereocenters. The van der Waals surface area contributed by atoms with Crippen LogP contribution < -0.4 is 5.32 Å². The average molecular weight is 383 g/mol. The fourth-order valence-electron chi connectivity index (χ4n) is 2.22. The van der Waals surface area contributed by atoms with Crippen LogP contribution in [-0.4, -0.2) is 5.91 Å². The van der Waals surface area contributed by atoms with Gasteiger partial charge in [0.25, 0.3) is 5.91 Å². The lowest BCUT2D eigenvalue weighted by atomic mass is 10.2. The predicted octanol–water partition coefficient (Wildman–Crippen LogP) is 5.80. The van der Waals surface area contributed by atoms with Crippen molar-refractivity contribution in [3.8, 4) is 17.4 Å². The Morgan fingerprint density at radius 2 is 1.58 bits per heavy atom.